The van der Waals surface area contributed by atoms with Gasteiger partial charge in [0.15, 0.2) is 23.1 Å². The first kappa shape index (κ1) is 31.8. The highest BCUT2D eigenvalue weighted by atomic mass is 32.2. The molecule has 1 fully saturated rings. The van der Waals surface area contributed by atoms with Gasteiger partial charge in [0, 0.05) is 36.5 Å². The van der Waals surface area contributed by atoms with Crippen LogP contribution in [0.4, 0.5) is 10.6 Å². The van der Waals surface area contributed by atoms with E-state index in [1.165, 1.54) is 11.9 Å². The minimum absolute atomic E-state index is 0.0714. The molecule has 0 spiro atoms. The maximum atomic E-state index is 11.5. The molecule has 45 heavy (non-hydrogen) atoms. The summed E-state index contributed by atoms with van der Waals surface area (Å²) in [5, 5.41) is 3.25. The zero-order valence-corrected chi connectivity index (χ0v) is 26.0. The number of nitrogens with two attached hydrogens (primary N) is 1. The molecule has 0 radical (unpaired) electrons. The molecule has 4 N–H and O–H groups in total. The Balaban J connectivity index is 1.54. The van der Waals surface area contributed by atoms with Crippen molar-refractivity contribution in [1.29, 1.82) is 0 Å². The molecule has 0 aliphatic carbocycles. The summed E-state index contributed by atoms with van der Waals surface area (Å²) in [7, 11) is 1.57. The van der Waals surface area contributed by atoms with Gasteiger partial charge in [-0.3, -0.25) is 4.98 Å². The summed E-state index contributed by atoms with van der Waals surface area (Å²) in [6.07, 6.45) is 4.45. The number of anilines is 1. The van der Waals surface area contributed by atoms with Crippen LogP contribution in [-0.2, 0) is 16.1 Å². The highest BCUT2D eigenvalue weighted by Gasteiger charge is 2.24. The van der Waals surface area contributed by atoms with Crippen molar-refractivity contribution in [2.24, 2.45) is 5.90 Å². The fourth-order valence-corrected chi connectivity index (χ4v) is 4.97. The van der Waals surface area contributed by atoms with Crippen LogP contribution in [0.15, 0.2) is 66.0 Å². The second-order valence-electron chi connectivity index (χ2n) is 10.3. The second kappa shape index (κ2) is 15.4. The number of pyridine rings is 2. The molecule has 0 saturated carbocycles. The smallest absolute Gasteiger partial charge is 0.426 e. The number of nitrogens with zero attached hydrogens (tertiary/aromatic N) is 4. The lowest BCUT2D eigenvalue weighted by Gasteiger charge is -2.19. The number of aromatic nitrogens is 4. The molecule has 1 amide bonds. The number of hydrogen-bond acceptors (Lipinski definition) is 13. The van der Waals surface area contributed by atoms with Gasteiger partial charge in [-0.1, -0.05) is 32.0 Å². The lowest BCUT2D eigenvalue weighted by atomic mass is 10.1. The predicted octanol–water partition coefficient (Wildman–Crippen LogP) is 5.63. The largest absolute Gasteiger partial charge is 0.493 e. The van der Waals surface area contributed by atoms with E-state index in [-0.39, 0.29) is 30.9 Å². The number of para-hydroxylation sites is 2. The Labute approximate surface area is 265 Å². The quantitative estimate of drug-likeness (QED) is 0.123. The summed E-state index contributed by atoms with van der Waals surface area (Å²) < 4.78 is 27.3. The summed E-state index contributed by atoms with van der Waals surface area (Å²) in [4.78, 5) is 34.2. The van der Waals surface area contributed by atoms with Gasteiger partial charge in [0.2, 0.25) is 5.75 Å². The van der Waals surface area contributed by atoms with E-state index in [0.29, 0.717) is 46.9 Å². The second-order valence-corrected chi connectivity index (χ2v) is 11.1. The zero-order valence-electron chi connectivity index (χ0n) is 25.2. The van der Waals surface area contributed by atoms with Gasteiger partial charge in [0.25, 0.3) is 5.88 Å². The van der Waals surface area contributed by atoms with Crippen molar-refractivity contribution in [3.8, 4) is 34.5 Å². The van der Waals surface area contributed by atoms with Gasteiger partial charge in [-0.05, 0) is 54.7 Å². The van der Waals surface area contributed by atoms with Crippen LogP contribution in [-0.4, -0.2) is 52.5 Å². The number of rotatable bonds is 13. The van der Waals surface area contributed by atoms with Crippen molar-refractivity contribution in [1.82, 2.24) is 25.3 Å². The first-order chi connectivity index (χ1) is 21.9. The maximum Gasteiger partial charge on any atom is 0.426 e. The van der Waals surface area contributed by atoms with E-state index < -0.39 is 6.09 Å². The third-order valence-electron chi connectivity index (χ3n) is 6.82. The monoisotopic (exact) mass is 633 g/mol. The summed E-state index contributed by atoms with van der Waals surface area (Å²) in [5.74, 6) is 7.42. The third-order valence-corrected chi connectivity index (χ3v) is 7.57. The first-order valence-corrected chi connectivity index (χ1v) is 15.2. The number of hydrogen-bond donors (Lipinski definition) is 3. The molecule has 1 aliphatic heterocycles. The van der Waals surface area contributed by atoms with Gasteiger partial charge < -0.3 is 33.8 Å². The van der Waals surface area contributed by atoms with Crippen molar-refractivity contribution >= 4 is 23.9 Å². The van der Waals surface area contributed by atoms with Gasteiger partial charge in [-0.25, -0.2) is 14.8 Å². The summed E-state index contributed by atoms with van der Waals surface area (Å²) >= 11 is 1.27. The fourth-order valence-electron chi connectivity index (χ4n) is 4.39. The molecule has 4 aromatic rings. The molecule has 1 saturated heterocycles. The van der Waals surface area contributed by atoms with Crippen molar-refractivity contribution in [2.45, 2.75) is 50.3 Å². The van der Waals surface area contributed by atoms with Crippen LogP contribution in [0.5, 0.6) is 23.1 Å². The topological polar surface area (TPSA) is 165 Å². The Morgan fingerprint density at radius 3 is 2.69 bits per heavy atom. The molecule has 3 aromatic heterocycles. The van der Waals surface area contributed by atoms with Crippen LogP contribution < -0.4 is 30.1 Å². The van der Waals surface area contributed by atoms with Crippen LogP contribution in [0.1, 0.15) is 43.9 Å². The Bertz CT molecular complexity index is 1590. The number of nitrogens with one attached hydrogen (secondary N) is 2. The number of amides is 1. The lowest BCUT2D eigenvalue weighted by molar-refractivity contribution is 0.0654. The predicted molar refractivity (Wildman–Crippen MR) is 168 cm³/mol. The van der Waals surface area contributed by atoms with Crippen LogP contribution in [0.3, 0.4) is 0 Å². The number of benzene rings is 1. The molecule has 236 valence electrons. The summed E-state index contributed by atoms with van der Waals surface area (Å²) in [6, 6.07) is 14.8. The SMILES string of the molecule is COc1ccccc1Oc1c(NSc2ccc(C(C)C)cn2)nc(-c2ccnc(CNC(=O)ON)c2)nc1OCC1CCCO1. The van der Waals surface area contributed by atoms with E-state index >= 15 is 0 Å². The first-order valence-electron chi connectivity index (χ1n) is 14.4. The lowest BCUT2D eigenvalue weighted by Crippen LogP contribution is -2.26. The van der Waals surface area contributed by atoms with E-state index in [1.807, 2.05) is 30.5 Å². The van der Waals surface area contributed by atoms with Gasteiger partial charge in [-0.2, -0.15) is 10.9 Å². The van der Waals surface area contributed by atoms with E-state index in [1.54, 1.807) is 37.6 Å². The van der Waals surface area contributed by atoms with Crippen LogP contribution in [0, 0.1) is 0 Å². The molecule has 0 bridgehead atoms. The third kappa shape index (κ3) is 8.50. The van der Waals surface area contributed by atoms with Crippen LogP contribution >= 0.6 is 11.9 Å². The average molecular weight is 634 g/mol. The van der Waals surface area contributed by atoms with Crippen molar-refractivity contribution in [3.63, 3.8) is 0 Å². The minimum atomic E-state index is -0.778. The van der Waals surface area contributed by atoms with E-state index in [4.69, 9.17) is 34.8 Å². The molecule has 13 nitrogen and oxygen atoms in total. The van der Waals surface area contributed by atoms with Crippen LogP contribution in [0.25, 0.3) is 11.4 Å². The highest BCUT2D eigenvalue weighted by molar-refractivity contribution is 8.00. The van der Waals surface area contributed by atoms with Gasteiger partial charge in [-0.15, -0.1) is 0 Å². The number of carbonyl (C=O) groups excluding carboxylic acids is 1. The Kier molecular flexibility index (Phi) is 10.8. The molecule has 1 aromatic carbocycles. The number of carbonyl (C=O) groups is 1. The molecule has 1 unspecified atom stereocenters. The number of ether oxygens (including phenoxy) is 4. The van der Waals surface area contributed by atoms with E-state index in [2.05, 4.69) is 38.7 Å². The molecule has 5 rings (SSSR count). The normalized spacial score (nSPS) is 14.2. The summed E-state index contributed by atoms with van der Waals surface area (Å²) in [5.41, 5.74) is 2.30. The molecular formula is C31H35N7O6S. The molecular weight excluding hydrogens is 598 g/mol. The van der Waals surface area contributed by atoms with Crippen molar-refractivity contribution < 1.29 is 28.6 Å². The van der Waals surface area contributed by atoms with E-state index in [9.17, 15) is 4.79 Å². The van der Waals surface area contributed by atoms with Gasteiger partial charge in [0.1, 0.15) is 11.6 Å². The Hall–Kier alpha value is -4.66. The maximum absolute atomic E-state index is 11.5. The number of methoxy groups -OCH3 is 1. The molecule has 4 heterocycles. The van der Waals surface area contributed by atoms with Gasteiger partial charge >= 0.3 is 6.09 Å². The van der Waals surface area contributed by atoms with Crippen molar-refractivity contribution in [2.75, 3.05) is 25.0 Å². The van der Waals surface area contributed by atoms with Crippen molar-refractivity contribution in [3.05, 3.63) is 72.2 Å². The van der Waals surface area contributed by atoms with Crippen LogP contribution in [0.2, 0.25) is 0 Å². The standard InChI is InChI=1S/C31H35N7O6S/c1-19(2)21-10-11-26(34-16-21)45-38-29-27(43-25-9-5-4-8-24(25)40-3)30(42-18-23-7-6-14-41-23)37-28(36-29)20-12-13-33-22(15-20)17-35-31(39)44-32/h4-5,8-13,15-16,19,23H,6-7,14,17-18,32H2,1-3H3,(H,35,39)(H,36,37,38). The minimum Gasteiger partial charge on any atom is -0.493 e. The zero-order chi connectivity index (χ0) is 31.6. The molecule has 1 atom stereocenters. The molecule has 14 heteroatoms. The Morgan fingerprint density at radius 1 is 1.13 bits per heavy atom. The fraction of sp³-hybridized carbons (Fsp3) is 0.323. The Morgan fingerprint density at radius 2 is 1.98 bits per heavy atom. The molecule has 1 aliphatic rings. The summed E-state index contributed by atoms with van der Waals surface area (Å²) in [6.45, 7) is 5.28. The van der Waals surface area contributed by atoms with Gasteiger partial charge in [0.05, 0.1) is 25.5 Å². The van der Waals surface area contributed by atoms with E-state index in [0.717, 1.165) is 23.4 Å². The average Bonchev–Trinajstić information content (AvgIpc) is 3.60. The highest BCUT2D eigenvalue weighted by Crippen LogP contribution is 2.42.